The van der Waals surface area contributed by atoms with Crippen molar-refractivity contribution in [2.45, 2.75) is 25.4 Å². The number of likely N-dealkylation sites (tertiary alicyclic amines) is 1. The van der Waals surface area contributed by atoms with Gasteiger partial charge in [0.05, 0.1) is 18.7 Å². The second-order valence-corrected chi connectivity index (χ2v) is 9.87. The van der Waals surface area contributed by atoms with Crippen LogP contribution in [0.3, 0.4) is 0 Å². The molecule has 1 saturated heterocycles. The first-order valence-corrected chi connectivity index (χ1v) is 13.3. The van der Waals surface area contributed by atoms with Crippen molar-refractivity contribution >= 4 is 28.7 Å². The van der Waals surface area contributed by atoms with Gasteiger partial charge in [0.1, 0.15) is 17.3 Å². The van der Waals surface area contributed by atoms with Gasteiger partial charge in [-0.2, -0.15) is 0 Å². The Bertz CT molecular complexity index is 1490. The Kier molecular flexibility index (Phi) is 8.40. The fourth-order valence-corrected chi connectivity index (χ4v) is 5.16. The number of hydrogen-bond donors (Lipinski definition) is 3. The number of nitrogens with zero attached hydrogens (tertiary/aromatic N) is 3. The molecule has 2 aromatic heterocycles. The van der Waals surface area contributed by atoms with Crippen LogP contribution < -0.4 is 15.8 Å². The van der Waals surface area contributed by atoms with Gasteiger partial charge < -0.3 is 30.5 Å². The van der Waals surface area contributed by atoms with E-state index in [1.54, 1.807) is 37.7 Å². The highest BCUT2D eigenvalue weighted by molar-refractivity contribution is 6.03. The Morgan fingerprint density at radius 3 is 2.58 bits per heavy atom. The van der Waals surface area contributed by atoms with E-state index in [1.807, 2.05) is 36.4 Å². The Hall–Kier alpha value is -4.25. The van der Waals surface area contributed by atoms with Crippen molar-refractivity contribution in [3.63, 3.8) is 0 Å². The van der Waals surface area contributed by atoms with E-state index in [0.29, 0.717) is 34.3 Å². The predicted octanol–water partition coefficient (Wildman–Crippen LogP) is 4.33. The molecule has 1 aliphatic rings. The topological polar surface area (TPSA) is 132 Å². The molecule has 40 heavy (non-hydrogen) atoms. The van der Waals surface area contributed by atoms with E-state index in [2.05, 4.69) is 15.2 Å². The van der Waals surface area contributed by atoms with E-state index in [-0.39, 0.29) is 19.1 Å². The van der Waals surface area contributed by atoms with Gasteiger partial charge in [-0.25, -0.2) is 9.78 Å². The SMILES string of the molecule is COCc1cc2c(ccn2C(N)=O)cc1Oc1ccnc(NC(=O)c2ccc(C3CCN(CCO)CC3)cc2)c1. The van der Waals surface area contributed by atoms with Crippen LogP contribution in [0.2, 0.25) is 0 Å². The quantitative estimate of drug-likeness (QED) is 0.286. The summed E-state index contributed by atoms with van der Waals surface area (Å²) in [5, 5.41) is 12.8. The number of aliphatic hydroxyl groups is 1. The van der Waals surface area contributed by atoms with Crippen LogP contribution in [0.4, 0.5) is 10.6 Å². The Morgan fingerprint density at radius 2 is 1.88 bits per heavy atom. The van der Waals surface area contributed by atoms with Gasteiger partial charge in [0, 0.05) is 48.6 Å². The average Bonchev–Trinajstić information content (AvgIpc) is 3.37. The molecule has 4 N–H and O–H groups in total. The Balaban J connectivity index is 1.26. The fraction of sp³-hybridized carbons (Fsp3) is 0.300. The van der Waals surface area contributed by atoms with E-state index in [1.165, 1.54) is 10.1 Å². The summed E-state index contributed by atoms with van der Waals surface area (Å²) < 4.78 is 12.9. The molecule has 208 valence electrons. The monoisotopic (exact) mass is 543 g/mol. The molecule has 1 aliphatic heterocycles. The second kappa shape index (κ2) is 12.3. The summed E-state index contributed by atoms with van der Waals surface area (Å²) in [6.45, 7) is 3.12. The number of hydrogen-bond acceptors (Lipinski definition) is 7. The van der Waals surface area contributed by atoms with E-state index in [0.717, 1.165) is 43.4 Å². The number of anilines is 1. The van der Waals surface area contributed by atoms with Crippen LogP contribution in [0.15, 0.2) is 67.0 Å². The largest absolute Gasteiger partial charge is 0.457 e. The molecule has 3 heterocycles. The van der Waals surface area contributed by atoms with Crippen LogP contribution in [0.25, 0.3) is 10.9 Å². The minimum absolute atomic E-state index is 0.191. The van der Waals surface area contributed by atoms with Gasteiger partial charge in [-0.05, 0) is 73.8 Å². The Labute approximate surface area is 232 Å². The number of nitrogens with one attached hydrogen (secondary N) is 1. The number of amides is 2. The van der Waals surface area contributed by atoms with Gasteiger partial charge in [-0.1, -0.05) is 12.1 Å². The minimum atomic E-state index is -0.573. The molecule has 0 spiro atoms. The number of primary amides is 1. The number of piperidine rings is 1. The van der Waals surface area contributed by atoms with Gasteiger partial charge in [0.15, 0.2) is 0 Å². The lowest BCUT2D eigenvalue weighted by Gasteiger charge is -2.31. The van der Waals surface area contributed by atoms with Crippen molar-refractivity contribution in [1.29, 1.82) is 0 Å². The van der Waals surface area contributed by atoms with Gasteiger partial charge in [0.2, 0.25) is 0 Å². The van der Waals surface area contributed by atoms with Crippen molar-refractivity contribution in [1.82, 2.24) is 14.5 Å². The molecule has 0 aliphatic carbocycles. The number of carbonyl (C=O) groups is 2. The van der Waals surface area contributed by atoms with Crippen molar-refractivity contribution < 1.29 is 24.2 Å². The lowest BCUT2D eigenvalue weighted by Crippen LogP contribution is -2.34. The number of aromatic nitrogens is 2. The standard InChI is InChI=1S/C30H33N5O5/c1-39-19-24-16-26-23(9-13-35(26)30(31)38)17-27(24)40-25-6-10-32-28(18-25)33-29(37)22-4-2-20(3-5-22)21-7-11-34(12-8-21)14-15-36/h2-6,9-10,13,16-18,21,36H,7-8,11-12,14-15,19H2,1H3,(H2,31,38)(H,32,33,37). The summed E-state index contributed by atoms with van der Waals surface area (Å²) in [5.41, 5.74) is 8.64. The maximum Gasteiger partial charge on any atom is 0.323 e. The van der Waals surface area contributed by atoms with Gasteiger partial charge in [-0.15, -0.1) is 0 Å². The first-order chi connectivity index (χ1) is 19.4. The number of pyridine rings is 1. The maximum atomic E-state index is 13.0. The zero-order valence-corrected chi connectivity index (χ0v) is 22.4. The van der Waals surface area contributed by atoms with Crippen molar-refractivity contribution in [2.75, 3.05) is 38.7 Å². The highest BCUT2D eigenvalue weighted by Gasteiger charge is 2.20. The van der Waals surface area contributed by atoms with E-state index in [4.69, 9.17) is 20.3 Å². The summed E-state index contributed by atoms with van der Waals surface area (Å²) in [6, 6.07) is 15.9. The zero-order valence-electron chi connectivity index (χ0n) is 22.4. The molecule has 0 bridgehead atoms. The predicted molar refractivity (Wildman–Crippen MR) is 152 cm³/mol. The number of carbonyl (C=O) groups excluding carboxylic acids is 2. The molecule has 2 aromatic carbocycles. The lowest BCUT2D eigenvalue weighted by atomic mass is 9.89. The molecule has 5 rings (SSSR count). The maximum absolute atomic E-state index is 13.0. The van der Waals surface area contributed by atoms with Crippen LogP contribution >= 0.6 is 0 Å². The first-order valence-electron chi connectivity index (χ1n) is 13.3. The lowest BCUT2D eigenvalue weighted by molar-refractivity contribution is 0.102. The number of β-amino-alcohol motifs (C(OH)–C–C–N with tert-alkyl or cyclic N) is 1. The first kappa shape index (κ1) is 27.3. The fourth-order valence-electron chi connectivity index (χ4n) is 5.16. The molecule has 4 aromatic rings. The summed E-state index contributed by atoms with van der Waals surface area (Å²) in [7, 11) is 1.58. The number of nitrogens with two attached hydrogens (primary N) is 1. The highest BCUT2D eigenvalue weighted by Crippen LogP contribution is 2.32. The molecular formula is C30H33N5O5. The second-order valence-electron chi connectivity index (χ2n) is 9.87. The minimum Gasteiger partial charge on any atom is -0.457 e. The number of ether oxygens (including phenoxy) is 2. The highest BCUT2D eigenvalue weighted by atomic mass is 16.5. The van der Waals surface area contributed by atoms with E-state index >= 15 is 0 Å². The molecule has 2 amide bonds. The molecule has 0 radical (unpaired) electrons. The van der Waals surface area contributed by atoms with Crippen LogP contribution in [0.5, 0.6) is 11.5 Å². The molecule has 10 nitrogen and oxygen atoms in total. The number of benzene rings is 2. The van der Waals surface area contributed by atoms with Crippen molar-refractivity contribution in [3.8, 4) is 11.5 Å². The van der Waals surface area contributed by atoms with Crippen LogP contribution in [-0.4, -0.2) is 64.8 Å². The third kappa shape index (κ3) is 6.15. The summed E-state index contributed by atoms with van der Waals surface area (Å²) in [6.07, 6.45) is 5.26. The normalized spacial score (nSPS) is 14.3. The van der Waals surface area contributed by atoms with Gasteiger partial charge in [0.25, 0.3) is 5.91 Å². The molecule has 0 unspecified atom stereocenters. The third-order valence-electron chi connectivity index (χ3n) is 7.26. The summed E-state index contributed by atoms with van der Waals surface area (Å²) in [5.74, 6) is 1.59. The van der Waals surface area contributed by atoms with Gasteiger partial charge in [-0.3, -0.25) is 9.36 Å². The van der Waals surface area contributed by atoms with Crippen LogP contribution in [0.1, 0.15) is 40.2 Å². The Morgan fingerprint density at radius 1 is 1.10 bits per heavy atom. The summed E-state index contributed by atoms with van der Waals surface area (Å²) in [4.78, 5) is 31.2. The van der Waals surface area contributed by atoms with E-state index < -0.39 is 6.03 Å². The zero-order chi connectivity index (χ0) is 28.1. The number of fused-ring (bicyclic) bond motifs is 1. The van der Waals surface area contributed by atoms with Gasteiger partial charge >= 0.3 is 6.03 Å². The van der Waals surface area contributed by atoms with Crippen molar-refractivity contribution in [3.05, 3.63) is 83.7 Å². The van der Waals surface area contributed by atoms with Crippen molar-refractivity contribution in [2.24, 2.45) is 5.73 Å². The average molecular weight is 544 g/mol. The van der Waals surface area contributed by atoms with Crippen LogP contribution in [-0.2, 0) is 11.3 Å². The smallest absolute Gasteiger partial charge is 0.323 e. The molecular weight excluding hydrogens is 510 g/mol. The molecule has 0 saturated carbocycles. The third-order valence-corrected chi connectivity index (χ3v) is 7.26. The number of rotatable bonds is 9. The molecule has 0 atom stereocenters. The number of aliphatic hydroxyl groups excluding tert-OH is 1. The number of methoxy groups -OCH3 is 1. The van der Waals surface area contributed by atoms with Crippen LogP contribution in [0, 0.1) is 0 Å². The molecule has 1 fully saturated rings. The molecule has 10 heteroatoms. The summed E-state index contributed by atoms with van der Waals surface area (Å²) >= 11 is 0. The van der Waals surface area contributed by atoms with E-state index in [9.17, 15) is 9.59 Å².